The van der Waals surface area contributed by atoms with Crippen LogP contribution in [-0.2, 0) is 0 Å². The Morgan fingerprint density at radius 3 is 2.55 bits per heavy atom. The monoisotopic (exact) mass is 155 g/mol. The Bertz CT molecular complexity index is 121. The van der Waals surface area contributed by atoms with Crippen LogP contribution in [0.5, 0.6) is 0 Å². The first-order valence-electron chi connectivity index (χ1n) is 4.53. The van der Waals surface area contributed by atoms with Crippen LogP contribution >= 0.6 is 0 Å². The molecule has 2 aliphatic heterocycles. The standard InChI is InChI=1S/C8H17N3/c1-9-6-11-7-2-3-8(11)5-10-4-7/h7-10H,2-6H2,1H3. The van der Waals surface area contributed by atoms with Crippen LogP contribution in [-0.4, -0.2) is 43.8 Å². The summed E-state index contributed by atoms with van der Waals surface area (Å²) in [6.07, 6.45) is 2.78. The molecule has 0 saturated carbocycles. The number of rotatable bonds is 2. The van der Waals surface area contributed by atoms with E-state index in [0.717, 1.165) is 18.8 Å². The Labute approximate surface area is 68.1 Å². The van der Waals surface area contributed by atoms with Gasteiger partial charge in [0.25, 0.3) is 0 Å². The molecule has 2 unspecified atom stereocenters. The minimum atomic E-state index is 0.807. The van der Waals surface area contributed by atoms with Crippen LogP contribution in [0.2, 0.25) is 0 Å². The average Bonchev–Trinajstić information content (AvgIpc) is 2.30. The van der Waals surface area contributed by atoms with Crippen LogP contribution in [0.4, 0.5) is 0 Å². The van der Waals surface area contributed by atoms with Gasteiger partial charge in [0.2, 0.25) is 0 Å². The first kappa shape index (κ1) is 7.53. The van der Waals surface area contributed by atoms with E-state index >= 15 is 0 Å². The third-order valence-electron chi connectivity index (χ3n) is 2.87. The van der Waals surface area contributed by atoms with E-state index in [0.29, 0.717) is 0 Å². The molecule has 2 rings (SSSR count). The molecule has 0 aromatic carbocycles. The van der Waals surface area contributed by atoms with Crippen molar-refractivity contribution in [2.45, 2.75) is 24.9 Å². The largest absolute Gasteiger partial charge is 0.314 e. The lowest BCUT2D eigenvalue weighted by Crippen LogP contribution is -2.53. The van der Waals surface area contributed by atoms with Crippen molar-refractivity contribution in [3.63, 3.8) is 0 Å². The topological polar surface area (TPSA) is 27.3 Å². The molecule has 3 heteroatoms. The van der Waals surface area contributed by atoms with Crippen LogP contribution in [0.3, 0.4) is 0 Å². The molecule has 11 heavy (non-hydrogen) atoms. The maximum Gasteiger partial charge on any atom is 0.0484 e. The van der Waals surface area contributed by atoms with Gasteiger partial charge in [-0.05, 0) is 19.9 Å². The number of piperazine rings is 1. The van der Waals surface area contributed by atoms with E-state index < -0.39 is 0 Å². The first-order chi connectivity index (χ1) is 5.42. The lowest BCUT2D eigenvalue weighted by molar-refractivity contribution is 0.145. The molecule has 0 spiro atoms. The third kappa shape index (κ3) is 1.28. The van der Waals surface area contributed by atoms with Crippen molar-refractivity contribution in [2.24, 2.45) is 0 Å². The molecule has 2 heterocycles. The molecule has 0 amide bonds. The summed E-state index contributed by atoms with van der Waals surface area (Å²) in [5, 5.41) is 6.70. The number of hydrogen-bond acceptors (Lipinski definition) is 3. The van der Waals surface area contributed by atoms with Crippen molar-refractivity contribution in [2.75, 3.05) is 26.8 Å². The van der Waals surface area contributed by atoms with Gasteiger partial charge < -0.3 is 10.6 Å². The van der Waals surface area contributed by atoms with Crippen molar-refractivity contribution in [1.82, 2.24) is 15.5 Å². The number of nitrogens with zero attached hydrogens (tertiary/aromatic N) is 1. The SMILES string of the molecule is CNCN1C2CCC1CNC2. The quantitative estimate of drug-likeness (QED) is 0.568. The van der Waals surface area contributed by atoms with Gasteiger partial charge in [0, 0.05) is 31.8 Å². The Kier molecular flexibility index (Phi) is 2.11. The lowest BCUT2D eigenvalue weighted by Gasteiger charge is -2.34. The van der Waals surface area contributed by atoms with Gasteiger partial charge in [0.1, 0.15) is 0 Å². The highest BCUT2D eigenvalue weighted by Gasteiger charge is 2.35. The second-order valence-corrected chi connectivity index (χ2v) is 3.57. The average molecular weight is 155 g/mol. The Hall–Kier alpha value is -0.120. The Balaban J connectivity index is 1.97. The molecule has 2 fully saturated rings. The second kappa shape index (κ2) is 3.09. The summed E-state index contributed by atoms with van der Waals surface area (Å²) < 4.78 is 0. The molecule has 0 aromatic heterocycles. The van der Waals surface area contributed by atoms with Gasteiger partial charge in [-0.15, -0.1) is 0 Å². The summed E-state index contributed by atoms with van der Waals surface area (Å²) in [4.78, 5) is 2.59. The van der Waals surface area contributed by atoms with E-state index in [2.05, 4.69) is 15.5 Å². The van der Waals surface area contributed by atoms with Crippen LogP contribution in [0.15, 0.2) is 0 Å². The van der Waals surface area contributed by atoms with Gasteiger partial charge in [0.15, 0.2) is 0 Å². The lowest BCUT2D eigenvalue weighted by atomic mass is 10.2. The van der Waals surface area contributed by atoms with Gasteiger partial charge in [-0.1, -0.05) is 0 Å². The predicted octanol–water partition coefficient (Wildman–Crippen LogP) is -0.401. The maximum atomic E-state index is 3.47. The molecule has 0 radical (unpaired) electrons. The smallest absolute Gasteiger partial charge is 0.0484 e. The third-order valence-corrected chi connectivity index (χ3v) is 2.87. The van der Waals surface area contributed by atoms with E-state index in [1.807, 2.05) is 7.05 Å². The zero-order valence-corrected chi connectivity index (χ0v) is 7.14. The maximum absolute atomic E-state index is 3.47. The van der Waals surface area contributed by atoms with Gasteiger partial charge in [-0.25, -0.2) is 0 Å². The summed E-state index contributed by atoms with van der Waals surface area (Å²) in [6.45, 7) is 3.45. The number of nitrogens with one attached hydrogen (secondary N) is 2. The van der Waals surface area contributed by atoms with Crippen molar-refractivity contribution >= 4 is 0 Å². The van der Waals surface area contributed by atoms with E-state index in [1.165, 1.54) is 25.9 Å². The van der Waals surface area contributed by atoms with Crippen LogP contribution in [0.25, 0.3) is 0 Å². The fourth-order valence-corrected chi connectivity index (χ4v) is 2.31. The highest BCUT2D eigenvalue weighted by Crippen LogP contribution is 2.25. The highest BCUT2D eigenvalue weighted by molar-refractivity contribution is 4.93. The molecule has 64 valence electrons. The molecular weight excluding hydrogens is 138 g/mol. The minimum absolute atomic E-state index is 0.807. The zero-order valence-electron chi connectivity index (χ0n) is 7.14. The number of hydrogen-bond donors (Lipinski definition) is 2. The van der Waals surface area contributed by atoms with Crippen LogP contribution < -0.4 is 10.6 Å². The molecule has 2 aliphatic rings. The molecule has 0 aromatic rings. The molecule has 0 aliphatic carbocycles. The molecule has 2 N–H and O–H groups in total. The second-order valence-electron chi connectivity index (χ2n) is 3.57. The summed E-state index contributed by atoms with van der Waals surface area (Å²) in [5.74, 6) is 0. The molecule has 2 atom stereocenters. The molecule has 3 nitrogen and oxygen atoms in total. The van der Waals surface area contributed by atoms with Gasteiger partial charge in [0.05, 0.1) is 0 Å². The fourth-order valence-electron chi connectivity index (χ4n) is 2.31. The van der Waals surface area contributed by atoms with Gasteiger partial charge in [-0.2, -0.15) is 0 Å². The molecular formula is C8H17N3. The summed E-state index contributed by atoms with van der Waals surface area (Å²) in [5.41, 5.74) is 0. The van der Waals surface area contributed by atoms with E-state index in [4.69, 9.17) is 0 Å². The minimum Gasteiger partial charge on any atom is -0.314 e. The van der Waals surface area contributed by atoms with E-state index in [1.54, 1.807) is 0 Å². The molecule has 2 bridgehead atoms. The summed E-state index contributed by atoms with van der Waals surface area (Å²) in [6, 6.07) is 1.61. The zero-order chi connectivity index (χ0) is 7.68. The van der Waals surface area contributed by atoms with Crippen molar-refractivity contribution < 1.29 is 0 Å². The van der Waals surface area contributed by atoms with Gasteiger partial charge in [-0.3, -0.25) is 4.90 Å². The summed E-state index contributed by atoms with van der Waals surface area (Å²) >= 11 is 0. The first-order valence-corrected chi connectivity index (χ1v) is 4.53. The number of fused-ring (bicyclic) bond motifs is 2. The van der Waals surface area contributed by atoms with Crippen molar-refractivity contribution in [3.8, 4) is 0 Å². The van der Waals surface area contributed by atoms with Gasteiger partial charge >= 0.3 is 0 Å². The van der Waals surface area contributed by atoms with Crippen molar-refractivity contribution in [1.29, 1.82) is 0 Å². The van der Waals surface area contributed by atoms with Crippen LogP contribution in [0.1, 0.15) is 12.8 Å². The predicted molar refractivity (Wildman–Crippen MR) is 45.4 cm³/mol. The van der Waals surface area contributed by atoms with E-state index in [9.17, 15) is 0 Å². The molecule has 2 saturated heterocycles. The fraction of sp³-hybridized carbons (Fsp3) is 1.00. The Morgan fingerprint density at radius 1 is 1.36 bits per heavy atom. The Morgan fingerprint density at radius 2 is 2.00 bits per heavy atom. The summed E-state index contributed by atoms with van der Waals surface area (Å²) in [7, 11) is 2.03. The highest BCUT2D eigenvalue weighted by atomic mass is 15.3. The normalized spacial score (nSPS) is 37.9. The van der Waals surface area contributed by atoms with Crippen LogP contribution in [0, 0.1) is 0 Å². The van der Waals surface area contributed by atoms with Crippen molar-refractivity contribution in [3.05, 3.63) is 0 Å². The van der Waals surface area contributed by atoms with E-state index in [-0.39, 0.29) is 0 Å².